The molecular weight excluding hydrogens is 260 g/mol. The van der Waals surface area contributed by atoms with Crippen LogP contribution in [0.3, 0.4) is 0 Å². The van der Waals surface area contributed by atoms with Gasteiger partial charge in [0.05, 0.1) is 10.8 Å². The van der Waals surface area contributed by atoms with Gasteiger partial charge >= 0.3 is 5.97 Å². The number of hydrogen-bond acceptors (Lipinski definition) is 4. The van der Waals surface area contributed by atoms with Crippen molar-refractivity contribution in [1.82, 2.24) is 0 Å². The second-order valence-electron chi connectivity index (χ2n) is 5.48. The highest BCUT2D eigenvalue weighted by Crippen LogP contribution is 2.35. The van der Waals surface area contributed by atoms with Gasteiger partial charge in [-0.2, -0.15) is 0 Å². The van der Waals surface area contributed by atoms with Crippen LogP contribution in [0.5, 0.6) is 0 Å². The number of nitro groups is 1. The van der Waals surface area contributed by atoms with Crippen LogP contribution in [0.2, 0.25) is 0 Å². The fourth-order valence-electron chi connectivity index (χ4n) is 2.86. The number of aryl methyl sites for hydroxylation is 1. The smallest absolute Gasteiger partial charge is 0.308 e. The van der Waals surface area contributed by atoms with Crippen LogP contribution < -0.4 is 4.90 Å². The summed E-state index contributed by atoms with van der Waals surface area (Å²) in [5.74, 6) is -1.11. The van der Waals surface area contributed by atoms with Crippen LogP contribution in [-0.2, 0) is 4.79 Å². The molecule has 1 aliphatic rings. The van der Waals surface area contributed by atoms with Gasteiger partial charge < -0.3 is 10.0 Å². The summed E-state index contributed by atoms with van der Waals surface area (Å²) in [6.45, 7) is 4.64. The van der Waals surface area contributed by atoms with E-state index < -0.39 is 11.9 Å². The van der Waals surface area contributed by atoms with E-state index >= 15 is 0 Å². The standard InChI is InChI=1S/C14H18N2O4/c1-9-6-11(14(17)18)8-15(7-9)12-5-3-4-10(2)13(12)16(19)20/h3-5,9,11H,6-8H2,1-2H3,(H,17,18). The SMILES string of the molecule is Cc1cccc(N2CC(C)CC(C(=O)O)C2)c1[N+](=O)[O-]. The van der Waals surface area contributed by atoms with Gasteiger partial charge in [0.2, 0.25) is 0 Å². The van der Waals surface area contributed by atoms with E-state index in [1.54, 1.807) is 25.1 Å². The number of anilines is 1. The van der Waals surface area contributed by atoms with E-state index in [1.165, 1.54) is 0 Å². The number of benzene rings is 1. The third kappa shape index (κ3) is 2.74. The van der Waals surface area contributed by atoms with E-state index in [-0.39, 0.29) is 16.5 Å². The van der Waals surface area contributed by atoms with Crippen molar-refractivity contribution in [1.29, 1.82) is 0 Å². The number of piperidine rings is 1. The Morgan fingerprint density at radius 2 is 2.15 bits per heavy atom. The Morgan fingerprint density at radius 3 is 2.75 bits per heavy atom. The molecule has 2 unspecified atom stereocenters. The molecule has 1 aromatic carbocycles. The summed E-state index contributed by atoms with van der Waals surface area (Å²) in [6, 6.07) is 5.17. The number of carbonyl (C=O) groups is 1. The Morgan fingerprint density at radius 1 is 1.45 bits per heavy atom. The van der Waals surface area contributed by atoms with Crippen molar-refractivity contribution < 1.29 is 14.8 Å². The zero-order valence-corrected chi connectivity index (χ0v) is 11.6. The predicted octanol–water partition coefficient (Wildman–Crippen LogP) is 2.45. The van der Waals surface area contributed by atoms with Gasteiger partial charge in [0.15, 0.2) is 0 Å². The lowest BCUT2D eigenvalue weighted by Gasteiger charge is -2.36. The Labute approximate surface area is 117 Å². The van der Waals surface area contributed by atoms with Gasteiger partial charge in [0.25, 0.3) is 5.69 Å². The number of para-hydroxylation sites is 1. The molecule has 1 heterocycles. The van der Waals surface area contributed by atoms with Crippen LogP contribution in [0.1, 0.15) is 18.9 Å². The molecule has 1 fully saturated rings. The van der Waals surface area contributed by atoms with Crippen LogP contribution >= 0.6 is 0 Å². The molecule has 0 radical (unpaired) electrons. The van der Waals surface area contributed by atoms with Crippen LogP contribution in [-0.4, -0.2) is 29.1 Å². The molecular formula is C14H18N2O4. The fraction of sp³-hybridized carbons (Fsp3) is 0.500. The van der Waals surface area contributed by atoms with Gasteiger partial charge in [-0.1, -0.05) is 19.1 Å². The van der Waals surface area contributed by atoms with Gasteiger partial charge in [-0.3, -0.25) is 14.9 Å². The molecule has 108 valence electrons. The summed E-state index contributed by atoms with van der Waals surface area (Å²) >= 11 is 0. The summed E-state index contributed by atoms with van der Waals surface area (Å²) in [6.07, 6.45) is 0.617. The summed E-state index contributed by atoms with van der Waals surface area (Å²) < 4.78 is 0. The molecule has 1 aliphatic heterocycles. The summed E-state index contributed by atoms with van der Waals surface area (Å²) in [7, 11) is 0. The normalized spacial score (nSPS) is 22.6. The molecule has 0 aliphatic carbocycles. The average Bonchev–Trinajstić information content (AvgIpc) is 2.37. The van der Waals surface area contributed by atoms with E-state index in [9.17, 15) is 20.0 Å². The summed E-state index contributed by atoms with van der Waals surface area (Å²) in [5.41, 5.74) is 1.19. The van der Waals surface area contributed by atoms with E-state index in [2.05, 4.69) is 0 Å². The molecule has 6 heteroatoms. The van der Waals surface area contributed by atoms with Gasteiger partial charge in [-0.05, 0) is 25.3 Å². The predicted molar refractivity (Wildman–Crippen MR) is 75.0 cm³/mol. The topological polar surface area (TPSA) is 83.7 Å². The van der Waals surface area contributed by atoms with Crippen molar-refractivity contribution in [2.24, 2.45) is 11.8 Å². The quantitative estimate of drug-likeness (QED) is 0.678. The molecule has 1 N–H and O–H groups in total. The van der Waals surface area contributed by atoms with Gasteiger partial charge in [-0.15, -0.1) is 0 Å². The number of carboxylic acids is 1. The van der Waals surface area contributed by atoms with Gasteiger partial charge in [-0.25, -0.2) is 0 Å². The van der Waals surface area contributed by atoms with Crippen molar-refractivity contribution >= 4 is 17.3 Å². The Kier molecular flexibility index (Phi) is 3.92. The first-order valence-electron chi connectivity index (χ1n) is 6.62. The number of aliphatic carboxylic acids is 1. The van der Waals surface area contributed by atoms with E-state index in [1.807, 2.05) is 11.8 Å². The van der Waals surface area contributed by atoms with E-state index in [0.717, 1.165) is 0 Å². The molecule has 20 heavy (non-hydrogen) atoms. The minimum absolute atomic E-state index is 0.0748. The zero-order chi connectivity index (χ0) is 14.9. The minimum atomic E-state index is -0.836. The number of nitrogens with zero attached hydrogens (tertiary/aromatic N) is 2. The van der Waals surface area contributed by atoms with Crippen LogP contribution in [0.15, 0.2) is 18.2 Å². The molecule has 0 saturated carbocycles. The largest absolute Gasteiger partial charge is 0.481 e. The van der Waals surface area contributed by atoms with Crippen molar-refractivity contribution in [3.05, 3.63) is 33.9 Å². The van der Waals surface area contributed by atoms with Gasteiger partial charge in [0.1, 0.15) is 5.69 Å². The van der Waals surface area contributed by atoms with Crippen LogP contribution in [0, 0.1) is 28.9 Å². The highest BCUT2D eigenvalue weighted by atomic mass is 16.6. The number of rotatable bonds is 3. The molecule has 2 rings (SSSR count). The number of hydrogen-bond donors (Lipinski definition) is 1. The summed E-state index contributed by atoms with van der Waals surface area (Å²) in [4.78, 5) is 23.9. The monoisotopic (exact) mass is 278 g/mol. The van der Waals surface area contributed by atoms with Gasteiger partial charge in [0, 0.05) is 18.7 Å². The molecule has 0 aromatic heterocycles. The molecule has 0 spiro atoms. The van der Waals surface area contributed by atoms with Crippen molar-refractivity contribution in [2.45, 2.75) is 20.3 Å². The lowest BCUT2D eigenvalue weighted by molar-refractivity contribution is -0.384. The van der Waals surface area contributed by atoms with Crippen molar-refractivity contribution in [3.63, 3.8) is 0 Å². The third-order valence-electron chi connectivity index (χ3n) is 3.75. The third-order valence-corrected chi connectivity index (χ3v) is 3.75. The second-order valence-corrected chi connectivity index (χ2v) is 5.48. The minimum Gasteiger partial charge on any atom is -0.481 e. The molecule has 0 amide bonds. The Balaban J connectivity index is 2.38. The van der Waals surface area contributed by atoms with E-state index in [0.29, 0.717) is 30.8 Å². The zero-order valence-electron chi connectivity index (χ0n) is 11.6. The average molecular weight is 278 g/mol. The molecule has 0 bridgehead atoms. The van der Waals surface area contributed by atoms with Crippen molar-refractivity contribution in [2.75, 3.05) is 18.0 Å². The highest BCUT2D eigenvalue weighted by molar-refractivity contribution is 5.73. The maximum absolute atomic E-state index is 11.2. The summed E-state index contributed by atoms with van der Waals surface area (Å²) in [5, 5.41) is 20.4. The first kappa shape index (κ1) is 14.3. The Hall–Kier alpha value is -2.11. The maximum atomic E-state index is 11.2. The first-order chi connectivity index (χ1) is 9.40. The lowest BCUT2D eigenvalue weighted by atomic mass is 9.90. The first-order valence-corrected chi connectivity index (χ1v) is 6.62. The molecule has 6 nitrogen and oxygen atoms in total. The second kappa shape index (κ2) is 5.48. The maximum Gasteiger partial charge on any atom is 0.308 e. The fourth-order valence-corrected chi connectivity index (χ4v) is 2.86. The number of carboxylic acid groups (broad SMARTS) is 1. The molecule has 2 atom stereocenters. The van der Waals surface area contributed by atoms with Crippen molar-refractivity contribution in [3.8, 4) is 0 Å². The number of nitro benzene ring substituents is 1. The Bertz CT molecular complexity index is 544. The highest BCUT2D eigenvalue weighted by Gasteiger charge is 2.32. The van der Waals surface area contributed by atoms with E-state index in [4.69, 9.17) is 0 Å². The van der Waals surface area contributed by atoms with Crippen LogP contribution in [0.4, 0.5) is 11.4 Å². The molecule has 1 saturated heterocycles. The lowest BCUT2D eigenvalue weighted by Crippen LogP contribution is -2.42. The van der Waals surface area contributed by atoms with Crippen LogP contribution in [0.25, 0.3) is 0 Å². The molecule has 1 aromatic rings.